The molecule has 23 heavy (non-hydrogen) atoms. The predicted molar refractivity (Wildman–Crippen MR) is 92.4 cm³/mol. The molecule has 0 saturated carbocycles. The molecule has 1 saturated heterocycles. The van der Waals surface area contributed by atoms with Crippen LogP contribution < -0.4 is 11.1 Å². The lowest BCUT2D eigenvalue weighted by Crippen LogP contribution is -2.25. The van der Waals surface area contributed by atoms with E-state index in [4.69, 9.17) is 5.73 Å². The summed E-state index contributed by atoms with van der Waals surface area (Å²) in [5.74, 6) is 1.51. The lowest BCUT2D eigenvalue weighted by Gasteiger charge is -2.19. The minimum Gasteiger partial charge on any atom is -0.368 e. The molecule has 0 radical (unpaired) electrons. The van der Waals surface area contributed by atoms with Crippen molar-refractivity contribution < 1.29 is 0 Å². The van der Waals surface area contributed by atoms with Crippen LogP contribution in [0.1, 0.15) is 37.1 Å². The zero-order valence-electron chi connectivity index (χ0n) is 13.6. The molecule has 0 bridgehead atoms. The number of hydrogen-bond acceptors (Lipinski definition) is 6. The van der Waals surface area contributed by atoms with E-state index in [-0.39, 0.29) is 5.95 Å². The number of aromatic nitrogens is 3. The van der Waals surface area contributed by atoms with Crippen LogP contribution in [0.3, 0.4) is 0 Å². The molecule has 6 nitrogen and oxygen atoms in total. The van der Waals surface area contributed by atoms with Crippen molar-refractivity contribution in [1.29, 1.82) is 0 Å². The van der Waals surface area contributed by atoms with Crippen LogP contribution in [0.15, 0.2) is 24.3 Å². The first kappa shape index (κ1) is 15.7. The molecule has 0 aliphatic carbocycles. The van der Waals surface area contributed by atoms with Gasteiger partial charge in [-0.3, -0.25) is 4.90 Å². The Labute approximate surface area is 137 Å². The maximum absolute atomic E-state index is 5.87. The molecule has 1 aromatic heterocycles. The number of nitrogen functional groups attached to an aromatic ring is 1. The van der Waals surface area contributed by atoms with E-state index in [9.17, 15) is 0 Å². The second-order valence-corrected chi connectivity index (χ2v) is 6.06. The minimum absolute atomic E-state index is 0.265. The average molecular weight is 312 g/mol. The molecule has 2 aromatic rings. The lowest BCUT2D eigenvalue weighted by atomic mass is 10.2. The molecule has 1 fully saturated rings. The fraction of sp³-hybridized carbons (Fsp3) is 0.471. The molecule has 3 rings (SSSR count). The number of nitrogens with one attached hydrogen (secondary N) is 1. The van der Waals surface area contributed by atoms with Crippen molar-refractivity contribution in [3.63, 3.8) is 0 Å². The van der Waals surface area contributed by atoms with Crippen molar-refractivity contribution >= 4 is 17.6 Å². The van der Waals surface area contributed by atoms with Gasteiger partial charge >= 0.3 is 0 Å². The first-order valence-electron chi connectivity index (χ1n) is 8.26. The summed E-state index contributed by atoms with van der Waals surface area (Å²) < 4.78 is 0. The van der Waals surface area contributed by atoms with Crippen LogP contribution in [0, 0.1) is 6.92 Å². The van der Waals surface area contributed by atoms with Gasteiger partial charge in [-0.15, -0.1) is 0 Å². The Morgan fingerprint density at radius 1 is 1.04 bits per heavy atom. The molecule has 6 heteroatoms. The number of nitrogens with zero attached hydrogens (tertiary/aromatic N) is 4. The number of hydrogen-bond donors (Lipinski definition) is 2. The highest BCUT2D eigenvalue weighted by atomic mass is 15.2. The van der Waals surface area contributed by atoms with Crippen molar-refractivity contribution in [1.82, 2.24) is 19.9 Å². The molecule has 1 aliphatic rings. The van der Waals surface area contributed by atoms with E-state index in [2.05, 4.69) is 25.2 Å². The van der Waals surface area contributed by atoms with Crippen LogP contribution in [0.2, 0.25) is 0 Å². The Hall–Kier alpha value is -2.21. The van der Waals surface area contributed by atoms with Gasteiger partial charge in [0.15, 0.2) is 0 Å². The SMILES string of the molecule is Cc1ccccc1Nc1nc(N)nc(CN2CCCCCC2)n1. The predicted octanol–water partition coefficient (Wildman–Crippen LogP) is 2.88. The van der Waals surface area contributed by atoms with Gasteiger partial charge in [-0.2, -0.15) is 15.0 Å². The number of nitrogens with two attached hydrogens (primary N) is 1. The van der Waals surface area contributed by atoms with Gasteiger partial charge < -0.3 is 11.1 Å². The molecule has 122 valence electrons. The zero-order chi connectivity index (χ0) is 16.1. The molecule has 1 aromatic carbocycles. The second-order valence-electron chi connectivity index (χ2n) is 6.06. The van der Waals surface area contributed by atoms with Crippen LogP contribution in [0.4, 0.5) is 17.6 Å². The summed E-state index contributed by atoms with van der Waals surface area (Å²) in [5.41, 5.74) is 7.99. The van der Waals surface area contributed by atoms with E-state index >= 15 is 0 Å². The van der Waals surface area contributed by atoms with E-state index in [0.717, 1.165) is 36.7 Å². The molecule has 0 spiro atoms. The van der Waals surface area contributed by atoms with Crippen LogP contribution >= 0.6 is 0 Å². The summed E-state index contributed by atoms with van der Waals surface area (Å²) in [5, 5.41) is 3.24. The Morgan fingerprint density at radius 3 is 2.52 bits per heavy atom. The van der Waals surface area contributed by atoms with Crippen LogP contribution in [-0.4, -0.2) is 32.9 Å². The third-order valence-electron chi connectivity index (χ3n) is 4.15. The Bertz CT molecular complexity index is 649. The molecule has 0 unspecified atom stereocenters. The maximum atomic E-state index is 5.87. The first-order valence-corrected chi connectivity index (χ1v) is 8.26. The monoisotopic (exact) mass is 312 g/mol. The van der Waals surface area contributed by atoms with Gasteiger partial charge in [0.05, 0.1) is 6.54 Å². The second kappa shape index (κ2) is 7.37. The summed E-state index contributed by atoms with van der Waals surface area (Å²) in [6, 6.07) is 8.04. The number of anilines is 3. The first-order chi connectivity index (χ1) is 11.2. The van der Waals surface area contributed by atoms with Crippen molar-refractivity contribution in [2.75, 3.05) is 24.1 Å². The highest BCUT2D eigenvalue weighted by Gasteiger charge is 2.13. The van der Waals surface area contributed by atoms with Gasteiger partial charge in [0.2, 0.25) is 11.9 Å². The molecule has 1 aliphatic heterocycles. The number of rotatable bonds is 4. The maximum Gasteiger partial charge on any atom is 0.232 e. The highest BCUT2D eigenvalue weighted by molar-refractivity contribution is 5.58. The molecular formula is C17H24N6. The van der Waals surface area contributed by atoms with Gasteiger partial charge in [0.1, 0.15) is 5.82 Å². The van der Waals surface area contributed by atoms with Gasteiger partial charge in [-0.1, -0.05) is 31.0 Å². The number of aryl methyl sites for hydroxylation is 1. The van der Waals surface area contributed by atoms with E-state index in [1.165, 1.54) is 25.7 Å². The molecule has 2 heterocycles. The molecular weight excluding hydrogens is 288 g/mol. The van der Waals surface area contributed by atoms with Crippen molar-refractivity contribution in [3.05, 3.63) is 35.7 Å². The number of likely N-dealkylation sites (tertiary alicyclic amines) is 1. The number of para-hydroxylation sites is 1. The topological polar surface area (TPSA) is 80.0 Å². The summed E-state index contributed by atoms with van der Waals surface area (Å²) in [4.78, 5) is 15.4. The van der Waals surface area contributed by atoms with E-state index < -0.39 is 0 Å². The van der Waals surface area contributed by atoms with Gasteiger partial charge in [0, 0.05) is 5.69 Å². The molecule has 3 N–H and O–H groups in total. The fourth-order valence-corrected chi connectivity index (χ4v) is 2.89. The largest absolute Gasteiger partial charge is 0.368 e. The van der Waals surface area contributed by atoms with Gasteiger partial charge in [0.25, 0.3) is 0 Å². The lowest BCUT2D eigenvalue weighted by molar-refractivity contribution is 0.270. The van der Waals surface area contributed by atoms with E-state index in [1.54, 1.807) is 0 Å². The van der Waals surface area contributed by atoms with Crippen molar-refractivity contribution in [3.8, 4) is 0 Å². The molecule has 0 amide bonds. The van der Waals surface area contributed by atoms with Gasteiger partial charge in [-0.05, 0) is 44.5 Å². The highest BCUT2D eigenvalue weighted by Crippen LogP contribution is 2.18. The normalized spacial score (nSPS) is 16.0. The van der Waals surface area contributed by atoms with E-state index in [1.807, 2.05) is 31.2 Å². The fourth-order valence-electron chi connectivity index (χ4n) is 2.89. The Kier molecular flexibility index (Phi) is 5.02. The summed E-state index contributed by atoms with van der Waals surface area (Å²) in [6.07, 6.45) is 5.12. The smallest absolute Gasteiger partial charge is 0.232 e. The van der Waals surface area contributed by atoms with Crippen molar-refractivity contribution in [2.24, 2.45) is 0 Å². The van der Waals surface area contributed by atoms with Crippen LogP contribution in [-0.2, 0) is 6.54 Å². The average Bonchev–Trinajstić information content (AvgIpc) is 2.78. The summed E-state index contributed by atoms with van der Waals surface area (Å²) in [6.45, 7) is 4.98. The van der Waals surface area contributed by atoms with Crippen molar-refractivity contribution in [2.45, 2.75) is 39.2 Å². The zero-order valence-corrected chi connectivity index (χ0v) is 13.6. The van der Waals surface area contributed by atoms with E-state index in [0.29, 0.717) is 5.95 Å². The quantitative estimate of drug-likeness (QED) is 0.903. The van der Waals surface area contributed by atoms with Crippen LogP contribution in [0.25, 0.3) is 0 Å². The third kappa shape index (κ3) is 4.39. The van der Waals surface area contributed by atoms with Gasteiger partial charge in [-0.25, -0.2) is 0 Å². The minimum atomic E-state index is 0.265. The summed E-state index contributed by atoms with van der Waals surface area (Å²) in [7, 11) is 0. The Balaban J connectivity index is 1.74. The Morgan fingerprint density at radius 2 is 1.78 bits per heavy atom. The molecule has 0 atom stereocenters. The van der Waals surface area contributed by atoms with Crippen LogP contribution in [0.5, 0.6) is 0 Å². The number of benzene rings is 1. The summed E-state index contributed by atoms with van der Waals surface area (Å²) >= 11 is 0. The third-order valence-corrected chi connectivity index (χ3v) is 4.15. The standard InChI is InChI=1S/C17H24N6/c1-13-8-4-5-9-14(13)19-17-21-15(20-16(18)22-17)12-23-10-6-2-3-7-11-23/h4-5,8-9H,2-3,6-7,10-12H2,1H3,(H3,18,19,20,21,22).